The molecule has 102 valence electrons. The van der Waals surface area contributed by atoms with E-state index in [1.807, 2.05) is 18.5 Å². The predicted octanol–water partition coefficient (Wildman–Crippen LogP) is 3.82. The van der Waals surface area contributed by atoms with Gasteiger partial charge in [0.2, 0.25) is 0 Å². The first-order chi connectivity index (χ1) is 8.77. The van der Waals surface area contributed by atoms with Gasteiger partial charge in [0.25, 0.3) is 0 Å². The van der Waals surface area contributed by atoms with E-state index >= 15 is 0 Å². The van der Waals surface area contributed by atoms with Gasteiger partial charge in [-0.15, -0.1) is 0 Å². The van der Waals surface area contributed by atoms with Crippen molar-refractivity contribution >= 4 is 0 Å². The minimum atomic E-state index is 0.644. The smallest absolute Gasteiger partial charge is 0.0299 e. The maximum atomic E-state index is 4.19. The molecule has 0 saturated heterocycles. The molecule has 2 atom stereocenters. The normalized spacial score (nSPS) is 14.4. The fourth-order valence-corrected chi connectivity index (χ4v) is 2.44. The lowest BCUT2D eigenvalue weighted by atomic mass is 9.92. The van der Waals surface area contributed by atoms with Crippen LogP contribution in [-0.2, 0) is 6.42 Å². The van der Waals surface area contributed by atoms with Crippen molar-refractivity contribution in [2.75, 3.05) is 6.54 Å². The highest BCUT2D eigenvalue weighted by molar-refractivity contribution is 5.08. The van der Waals surface area contributed by atoms with Crippen LogP contribution in [0.1, 0.15) is 52.0 Å². The van der Waals surface area contributed by atoms with Crippen LogP contribution in [0.3, 0.4) is 0 Å². The van der Waals surface area contributed by atoms with Crippen LogP contribution in [0.25, 0.3) is 0 Å². The highest BCUT2D eigenvalue weighted by Gasteiger charge is 2.15. The van der Waals surface area contributed by atoms with E-state index < -0.39 is 0 Å². The molecule has 2 nitrogen and oxygen atoms in total. The van der Waals surface area contributed by atoms with Gasteiger partial charge in [-0.3, -0.25) is 4.98 Å². The zero-order valence-electron chi connectivity index (χ0n) is 12.2. The van der Waals surface area contributed by atoms with E-state index in [-0.39, 0.29) is 0 Å². The molecule has 0 fully saturated rings. The number of pyridine rings is 1. The van der Waals surface area contributed by atoms with Gasteiger partial charge >= 0.3 is 0 Å². The molecule has 0 amide bonds. The molecule has 1 heterocycles. The van der Waals surface area contributed by atoms with Crippen LogP contribution >= 0.6 is 0 Å². The zero-order valence-corrected chi connectivity index (χ0v) is 12.2. The number of hydrogen-bond acceptors (Lipinski definition) is 2. The Bertz CT molecular complexity index is 297. The van der Waals surface area contributed by atoms with Crippen LogP contribution in [-0.4, -0.2) is 17.6 Å². The monoisotopic (exact) mass is 248 g/mol. The van der Waals surface area contributed by atoms with Crippen molar-refractivity contribution in [2.24, 2.45) is 5.92 Å². The summed E-state index contributed by atoms with van der Waals surface area (Å²) in [4.78, 5) is 4.19. The summed E-state index contributed by atoms with van der Waals surface area (Å²) in [6.07, 6.45) is 9.97. The first kappa shape index (κ1) is 15.2. The average Bonchev–Trinajstić information content (AvgIpc) is 2.40. The molecule has 2 unspecified atom stereocenters. The van der Waals surface area contributed by atoms with Crippen LogP contribution < -0.4 is 5.32 Å². The standard InChI is InChI=1S/C16H28N2/c1-4-7-14(3)16(18-11-5-2)10-9-15-8-6-12-17-13-15/h6,8,12-14,16,18H,4-5,7,9-11H2,1-3H3. The van der Waals surface area contributed by atoms with Gasteiger partial charge in [0.1, 0.15) is 0 Å². The summed E-state index contributed by atoms with van der Waals surface area (Å²) in [5.74, 6) is 0.762. The molecule has 0 bridgehead atoms. The average molecular weight is 248 g/mol. The fourth-order valence-electron chi connectivity index (χ4n) is 2.44. The van der Waals surface area contributed by atoms with E-state index in [1.54, 1.807) is 0 Å². The number of aromatic nitrogens is 1. The van der Waals surface area contributed by atoms with Crippen molar-refractivity contribution in [1.82, 2.24) is 10.3 Å². The molecule has 0 aliphatic rings. The first-order valence-corrected chi connectivity index (χ1v) is 7.40. The van der Waals surface area contributed by atoms with Crippen LogP contribution in [0.4, 0.5) is 0 Å². The number of aryl methyl sites for hydroxylation is 1. The molecule has 1 aromatic heterocycles. The number of hydrogen-bond donors (Lipinski definition) is 1. The van der Waals surface area contributed by atoms with Crippen molar-refractivity contribution in [3.63, 3.8) is 0 Å². The second kappa shape index (κ2) is 9.09. The molecule has 2 heteroatoms. The minimum absolute atomic E-state index is 0.644. The second-order valence-electron chi connectivity index (χ2n) is 5.23. The molecular formula is C16H28N2. The highest BCUT2D eigenvalue weighted by Crippen LogP contribution is 2.16. The predicted molar refractivity (Wildman–Crippen MR) is 78.7 cm³/mol. The van der Waals surface area contributed by atoms with Gasteiger partial charge in [0.05, 0.1) is 0 Å². The third-order valence-corrected chi connectivity index (χ3v) is 3.55. The summed E-state index contributed by atoms with van der Waals surface area (Å²) in [5, 5.41) is 3.70. The molecule has 0 saturated carbocycles. The Balaban J connectivity index is 2.44. The molecule has 0 spiro atoms. The van der Waals surface area contributed by atoms with Gasteiger partial charge in [-0.1, -0.05) is 33.3 Å². The van der Waals surface area contributed by atoms with Crippen LogP contribution in [0.2, 0.25) is 0 Å². The number of nitrogens with zero attached hydrogens (tertiary/aromatic N) is 1. The van der Waals surface area contributed by atoms with Crippen molar-refractivity contribution in [3.8, 4) is 0 Å². The Morgan fingerprint density at radius 3 is 2.67 bits per heavy atom. The Labute approximate surface area is 112 Å². The van der Waals surface area contributed by atoms with Gasteiger partial charge in [0, 0.05) is 18.4 Å². The lowest BCUT2D eigenvalue weighted by Crippen LogP contribution is -2.36. The molecule has 1 rings (SSSR count). The molecular weight excluding hydrogens is 220 g/mol. The SMILES string of the molecule is CCCNC(CCc1cccnc1)C(C)CCC. The van der Waals surface area contributed by atoms with E-state index in [2.05, 4.69) is 37.1 Å². The van der Waals surface area contributed by atoms with Crippen molar-refractivity contribution in [1.29, 1.82) is 0 Å². The van der Waals surface area contributed by atoms with Gasteiger partial charge < -0.3 is 5.32 Å². The number of nitrogens with one attached hydrogen (secondary N) is 1. The van der Waals surface area contributed by atoms with E-state index in [4.69, 9.17) is 0 Å². The summed E-state index contributed by atoms with van der Waals surface area (Å²) >= 11 is 0. The second-order valence-corrected chi connectivity index (χ2v) is 5.23. The first-order valence-electron chi connectivity index (χ1n) is 7.40. The van der Waals surface area contributed by atoms with Crippen molar-refractivity contribution < 1.29 is 0 Å². The summed E-state index contributed by atoms with van der Waals surface area (Å²) in [5.41, 5.74) is 1.35. The van der Waals surface area contributed by atoms with E-state index in [0.717, 1.165) is 18.9 Å². The van der Waals surface area contributed by atoms with Crippen LogP contribution in [0.5, 0.6) is 0 Å². The van der Waals surface area contributed by atoms with E-state index in [9.17, 15) is 0 Å². The van der Waals surface area contributed by atoms with Gasteiger partial charge in [0.15, 0.2) is 0 Å². The fraction of sp³-hybridized carbons (Fsp3) is 0.688. The van der Waals surface area contributed by atoms with Gasteiger partial charge in [-0.2, -0.15) is 0 Å². The third kappa shape index (κ3) is 5.63. The molecule has 0 radical (unpaired) electrons. The molecule has 0 aliphatic heterocycles. The topological polar surface area (TPSA) is 24.9 Å². The van der Waals surface area contributed by atoms with E-state index in [0.29, 0.717) is 6.04 Å². The van der Waals surface area contributed by atoms with Crippen LogP contribution in [0.15, 0.2) is 24.5 Å². The Kier molecular flexibility index (Phi) is 7.66. The van der Waals surface area contributed by atoms with Crippen LogP contribution in [0, 0.1) is 5.92 Å². The molecule has 1 N–H and O–H groups in total. The lowest BCUT2D eigenvalue weighted by Gasteiger charge is -2.25. The Morgan fingerprint density at radius 2 is 2.06 bits per heavy atom. The largest absolute Gasteiger partial charge is 0.314 e. The Hall–Kier alpha value is -0.890. The quantitative estimate of drug-likeness (QED) is 0.718. The summed E-state index contributed by atoms with van der Waals surface area (Å²) in [6, 6.07) is 4.85. The molecule has 0 aromatic carbocycles. The zero-order chi connectivity index (χ0) is 13.2. The van der Waals surface area contributed by atoms with E-state index in [1.165, 1.54) is 31.2 Å². The maximum absolute atomic E-state index is 4.19. The minimum Gasteiger partial charge on any atom is -0.314 e. The summed E-state index contributed by atoms with van der Waals surface area (Å²) in [7, 11) is 0. The third-order valence-electron chi connectivity index (χ3n) is 3.55. The highest BCUT2D eigenvalue weighted by atomic mass is 14.9. The lowest BCUT2D eigenvalue weighted by molar-refractivity contribution is 0.337. The molecule has 18 heavy (non-hydrogen) atoms. The molecule has 0 aliphatic carbocycles. The van der Waals surface area contributed by atoms with Gasteiger partial charge in [-0.05, 0) is 49.8 Å². The Morgan fingerprint density at radius 1 is 1.22 bits per heavy atom. The number of rotatable bonds is 9. The summed E-state index contributed by atoms with van der Waals surface area (Å²) < 4.78 is 0. The van der Waals surface area contributed by atoms with Crippen molar-refractivity contribution in [2.45, 2.75) is 58.9 Å². The maximum Gasteiger partial charge on any atom is 0.0299 e. The van der Waals surface area contributed by atoms with Gasteiger partial charge in [-0.25, -0.2) is 0 Å². The molecule has 1 aromatic rings. The summed E-state index contributed by atoms with van der Waals surface area (Å²) in [6.45, 7) is 8.01. The van der Waals surface area contributed by atoms with Crippen molar-refractivity contribution in [3.05, 3.63) is 30.1 Å².